The van der Waals surface area contributed by atoms with Gasteiger partial charge in [0.05, 0.1) is 18.8 Å². The van der Waals surface area contributed by atoms with Crippen LogP contribution in [0.2, 0.25) is 0 Å². The molecule has 0 aliphatic carbocycles. The quantitative estimate of drug-likeness (QED) is 0.670. The zero-order chi connectivity index (χ0) is 21.0. The summed E-state index contributed by atoms with van der Waals surface area (Å²) in [5, 5.41) is 0. The molecule has 0 aromatic heterocycles. The van der Waals surface area contributed by atoms with Crippen LogP contribution in [-0.4, -0.2) is 55.2 Å². The molecule has 2 aliphatic heterocycles. The number of ether oxygens (including phenoxy) is 2. The maximum atomic E-state index is 13.3. The van der Waals surface area contributed by atoms with E-state index in [1.807, 2.05) is 11.0 Å². The van der Waals surface area contributed by atoms with Gasteiger partial charge in [-0.15, -0.1) is 0 Å². The molecular formula is C25H32N2O3. The minimum atomic E-state index is -0.405. The van der Waals surface area contributed by atoms with Crippen molar-refractivity contribution < 1.29 is 14.3 Å². The fourth-order valence-corrected chi connectivity index (χ4v) is 4.89. The molecule has 2 aliphatic rings. The first-order valence-electron chi connectivity index (χ1n) is 10.9. The van der Waals surface area contributed by atoms with E-state index in [9.17, 15) is 4.79 Å². The second kappa shape index (κ2) is 9.29. The minimum absolute atomic E-state index is 0.0924. The molecule has 0 N–H and O–H groups in total. The van der Waals surface area contributed by atoms with Gasteiger partial charge in [0, 0.05) is 39.7 Å². The number of benzene rings is 2. The Labute approximate surface area is 179 Å². The number of nitrogens with zero attached hydrogens (tertiary/aromatic N) is 2. The zero-order valence-corrected chi connectivity index (χ0v) is 18.0. The van der Waals surface area contributed by atoms with Crippen LogP contribution in [0.15, 0.2) is 54.6 Å². The number of hydrogen-bond acceptors (Lipinski definition) is 4. The maximum absolute atomic E-state index is 13.3. The molecule has 1 spiro atoms. The fourth-order valence-electron chi connectivity index (χ4n) is 4.89. The van der Waals surface area contributed by atoms with Gasteiger partial charge < -0.3 is 14.4 Å². The van der Waals surface area contributed by atoms with Crippen LogP contribution in [0, 0.1) is 0 Å². The van der Waals surface area contributed by atoms with Gasteiger partial charge >= 0.3 is 0 Å². The minimum Gasteiger partial charge on any atom is -0.383 e. The number of carbonyl (C=O) groups excluding carboxylic acids is 1. The Morgan fingerprint density at radius 3 is 2.70 bits per heavy atom. The number of amides is 1. The number of rotatable bonds is 8. The molecule has 5 nitrogen and oxygen atoms in total. The summed E-state index contributed by atoms with van der Waals surface area (Å²) in [4.78, 5) is 17.7. The third kappa shape index (κ3) is 4.02. The van der Waals surface area contributed by atoms with Crippen LogP contribution >= 0.6 is 0 Å². The number of methoxy groups -OCH3 is 1. The van der Waals surface area contributed by atoms with E-state index < -0.39 is 6.10 Å². The van der Waals surface area contributed by atoms with E-state index in [2.05, 4.69) is 60.4 Å². The Bertz CT molecular complexity index is 856. The Hall–Kier alpha value is -2.21. The normalized spacial score (nSPS) is 23.1. The van der Waals surface area contributed by atoms with Crippen LogP contribution in [0.5, 0.6) is 0 Å². The smallest absolute Gasteiger partial charge is 0.251 e. The van der Waals surface area contributed by atoms with Crippen molar-refractivity contribution in [1.82, 2.24) is 9.80 Å². The van der Waals surface area contributed by atoms with Crippen LogP contribution < -0.4 is 0 Å². The van der Waals surface area contributed by atoms with Gasteiger partial charge in [0.15, 0.2) is 0 Å². The second-order valence-corrected chi connectivity index (χ2v) is 8.35. The summed E-state index contributed by atoms with van der Waals surface area (Å²) in [5.74, 6) is 0.0924. The largest absolute Gasteiger partial charge is 0.383 e. The molecule has 5 heteroatoms. The summed E-state index contributed by atoms with van der Waals surface area (Å²) in [5.41, 5.74) is 3.70. The summed E-state index contributed by atoms with van der Waals surface area (Å²) in [7, 11) is 1.67. The lowest BCUT2D eigenvalue weighted by Crippen LogP contribution is -2.44. The van der Waals surface area contributed by atoms with Crippen LogP contribution in [0.3, 0.4) is 0 Å². The SMILES string of the molecule is CCCN(CCOC)C(=O)[C@@H]1C[C@]2(CO1)c1ccccc1CN2Cc1ccccc1. The van der Waals surface area contributed by atoms with Crippen molar-refractivity contribution in [2.45, 2.75) is 44.5 Å². The van der Waals surface area contributed by atoms with Crippen LogP contribution in [0.4, 0.5) is 0 Å². The van der Waals surface area contributed by atoms with E-state index in [0.29, 0.717) is 26.2 Å². The van der Waals surface area contributed by atoms with Crippen molar-refractivity contribution in [3.63, 3.8) is 0 Å². The van der Waals surface area contributed by atoms with E-state index in [1.165, 1.54) is 16.7 Å². The molecule has 30 heavy (non-hydrogen) atoms. The summed E-state index contributed by atoms with van der Waals surface area (Å²) >= 11 is 0. The molecule has 160 valence electrons. The highest BCUT2D eigenvalue weighted by molar-refractivity contribution is 5.81. The van der Waals surface area contributed by atoms with Crippen LogP contribution in [0.25, 0.3) is 0 Å². The second-order valence-electron chi connectivity index (χ2n) is 8.35. The Balaban J connectivity index is 1.58. The van der Waals surface area contributed by atoms with Gasteiger partial charge in [0.1, 0.15) is 6.10 Å². The highest BCUT2D eigenvalue weighted by atomic mass is 16.5. The predicted octanol–water partition coefficient (Wildman–Crippen LogP) is 3.57. The van der Waals surface area contributed by atoms with Crippen molar-refractivity contribution in [1.29, 1.82) is 0 Å². The molecule has 0 saturated carbocycles. The van der Waals surface area contributed by atoms with Gasteiger partial charge in [-0.2, -0.15) is 0 Å². The van der Waals surface area contributed by atoms with Gasteiger partial charge in [0.25, 0.3) is 5.91 Å². The molecule has 2 heterocycles. The summed E-state index contributed by atoms with van der Waals surface area (Å²) in [6.07, 6.45) is 1.22. The third-order valence-corrected chi connectivity index (χ3v) is 6.39. The van der Waals surface area contributed by atoms with Crippen LogP contribution in [0.1, 0.15) is 36.5 Å². The van der Waals surface area contributed by atoms with Gasteiger partial charge in [-0.1, -0.05) is 61.5 Å². The Morgan fingerprint density at radius 1 is 1.17 bits per heavy atom. The number of fused-ring (bicyclic) bond motifs is 2. The van der Waals surface area contributed by atoms with Gasteiger partial charge in [-0.25, -0.2) is 0 Å². The monoisotopic (exact) mass is 408 g/mol. The predicted molar refractivity (Wildman–Crippen MR) is 117 cm³/mol. The topological polar surface area (TPSA) is 42.0 Å². The van der Waals surface area contributed by atoms with Gasteiger partial charge in [-0.05, 0) is 23.1 Å². The van der Waals surface area contributed by atoms with Crippen molar-refractivity contribution in [2.75, 3.05) is 33.4 Å². The van der Waals surface area contributed by atoms with E-state index in [1.54, 1.807) is 7.11 Å². The average Bonchev–Trinajstić information content (AvgIpc) is 3.35. The average molecular weight is 409 g/mol. The third-order valence-electron chi connectivity index (χ3n) is 6.39. The number of hydrogen-bond donors (Lipinski definition) is 0. The van der Waals surface area contributed by atoms with Gasteiger partial charge in [0.2, 0.25) is 0 Å². The zero-order valence-electron chi connectivity index (χ0n) is 18.0. The first-order chi connectivity index (χ1) is 14.7. The molecule has 1 saturated heterocycles. The fraction of sp³-hybridized carbons (Fsp3) is 0.480. The van der Waals surface area contributed by atoms with E-state index in [4.69, 9.17) is 9.47 Å². The molecule has 0 radical (unpaired) electrons. The summed E-state index contributed by atoms with van der Waals surface area (Å²) in [6.45, 7) is 6.28. The highest BCUT2D eigenvalue weighted by Gasteiger charge is 2.52. The molecule has 1 fully saturated rings. The van der Waals surface area contributed by atoms with E-state index in [0.717, 1.165) is 26.1 Å². The lowest BCUT2D eigenvalue weighted by Gasteiger charge is -2.35. The van der Waals surface area contributed by atoms with E-state index >= 15 is 0 Å². The number of carbonyl (C=O) groups is 1. The molecule has 1 amide bonds. The van der Waals surface area contributed by atoms with Crippen LogP contribution in [-0.2, 0) is 32.9 Å². The highest BCUT2D eigenvalue weighted by Crippen LogP contribution is 2.47. The molecule has 2 atom stereocenters. The lowest BCUT2D eigenvalue weighted by atomic mass is 9.86. The lowest BCUT2D eigenvalue weighted by molar-refractivity contribution is -0.141. The molecule has 2 aromatic rings. The Kier molecular flexibility index (Phi) is 6.52. The Morgan fingerprint density at radius 2 is 1.93 bits per heavy atom. The van der Waals surface area contributed by atoms with Crippen molar-refractivity contribution in [3.8, 4) is 0 Å². The van der Waals surface area contributed by atoms with Crippen molar-refractivity contribution in [2.24, 2.45) is 0 Å². The van der Waals surface area contributed by atoms with Crippen molar-refractivity contribution >= 4 is 5.91 Å². The molecule has 2 aromatic carbocycles. The van der Waals surface area contributed by atoms with Gasteiger partial charge in [-0.3, -0.25) is 9.69 Å². The summed E-state index contributed by atoms with van der Waals surface area (Å²) < 4.78 is 11.4. The molecular weight excluding hydrogens is 376 g/mol. The first kappa shape index (κ1) is 21.0. The maximum Gasteiger partial charge on any atom is 0.251 e. The first-order valence-corrected chi connectivity index (χ1v) is 10.9. The van der Waals surface area contributed by atoms with E-state index in [-0.39, 0.29) is 11.4 Å². The standard InChI is InChI=1S/C25H32N2O3/c1-3-13-26(14-15-29-2)24(28)23-16-25(19-30-23)22-12-8-7-11-21(22)18-27(25)17-20-9-5-4-6-10-20/h4-12,23H,3,13-19H2,1-2H3/t23-,25-/m0/s1. The molecule has 0 unspecified atom stereocenters. The van der Waals surface area contributed by atoms with Crippen molar-refractivity contribution in [3.05, 3.63) is 71.3 Å². The summed E-state index contributed by atoms with van der Waals surface area (Å²) in [6, 6.07) is 19.2. The molecule has 0 bridgehead atoms. The molecule has 4 rings (SSSR count).